The molecule has 0 amide bonds. The van der Waals surface area contributed by atoms with E-state index >= 15 is 0 Å². The Kier molecular flexibility index (Phi) is 7.04. The van der Waals surface area contributed by atoms with Gasteiger partial charge >= 0.3 is 0 Å². The van der Waals surface area contributed by atoms with Crippen molar-refractivity contribution in [3.05, 3.63) is 65.2 Å². The van der Waals surface area contributed by atoms with Crippen LogP contribution in [0.2, 0.25) is 5.02 Å². The molecule has 148 valence electrons. The summed E-state index contributed by atoms with van der Waals surface area (Å²) in [5.41, 5.74) is 0.632. The molecule has 0 aliphatic heterocycles. The van der Waals surface area contributed by atoms with Crippen LogP contribution in [-0.4, -0.2) is 25.4 Å². The van der Waals surface area contributed by atoms with Gasteiger partial charge in [-0.3, -0.25) is 0 Å². The quantitative estimate of drug-likeness (QED) is 0.426. The van der Waals surface area contributed by atoms with Gasteiger partial charge in [-0.15, -0.1) is 4.40 Å². The van der Waals surface area contributed by atoms with E-state index < -0.39 is 10.0 Å². The number of hydrogen-bond donors (Lipinski definition) is 2. The Morgan fingerprint density at radius 2 is 1.64 bits per heavy atom. The van der Waals surface area contributed by atoms with Gasteiger partial charge in [0.1, 0.15) is 0 Å². The SMILES string of the molecule is O=S(=O)(/N=C(/NC(=S)NC1CCCCC1)c1ccccc1)c1ccc(Cl)cc1. The molecule has 0 unspecified atom stereocenters. The van der Waals surface area contributed by atoms with Crippen molar-refractivity contribution >= 4 is 44.8 Å². The van der Waals surface area contributed by atoms with Gasteiger partial charge in [0.25, 0.3) is 10.0 Å². The normalized spacial score (nSPS) is 15.8. The molecule has 2 N–H and O–H groups in total. The van der Waals surface area contributed by atoms with Crippen molar-refractivity contribution in [3.8, 4) is 0 Å². The fourth-order valence-corrected chi connectivity index (χ4v) is 4.47. The van der Waals surface area contributed by atoms with Gasteiger partial charge in [-0.25, -0.2) is 0 Å². The van der Waals surface area contributed by atoms with Crippen molar-refractivity contribution in [1.29, 1.82) is 0 Å². The number of nitrogens with one attached hydrogen (secondary N) is 2. The minimum atomic E-state index is -3.92. The first-order chi connectivity index (χ1) is 13.4. The Labute approximate surface area is 176 Å². The zero-order valence-corrected chi connectivity index (χ0v) is 17.7. The molecule has 0 aromatic heterocycles. The molecule has 0 saturated heterocycles. The third-order valence-electron chi connectivity index (χ3n) is 4.54. The fraction of sp³-hybridized carbons (Fsp3) is 0.300. The lowest BCUT2D eigenvalue weighted by Gasteiger charge is -2.24. The molecule has 0 atom stereocenters. The second-order valence-corrected chi connectivity index (χ2v) is 9.12. The van der Waals surface area contributed by atoms with Crippen molar-refractivity contribution in [2.75, 3.05) is 0 Å². The second kappa shape index (κ2) is 9.49. The number of benzene rings is 2. The van der Waals surface area contributed by atoms with Crippen LogP contribution in [0.1, 0.15) is 37.7 Å². The average molecular weight is 436 g/mol. The highest BCUT2D eigenvalue weighted by Gasteiger charge is 2.18. The predicted octanol–water partition coefficient (Wildman–Crippen LogP) is 4.27. The maximum absolute atomic E-state index is 12.8. The Bertz CT molecular complexity index is 939. The topological polar surface area (TPSA) is 70.6 Å². The summed E-state index contributed by atoms with van der Waals surface area (Å²) in [5.74, 6) is 0.184. The molecule has 1 saturated carbocycles. The maximum atomic E-state index is 12.8. The Hall–Kier alpha value is -1.96. The van der Waals surface area contributed by atoms with Crippen LogP contribution in [0.15, 0.2) is 63.9 Å². The van der Waals surface area contributed by atoms with Crippen LogP contribution in [-0.2, 0) is 10.0 Å². The summed E-state index contributed by atoms with van der Waals surface area (Å²) in [7, 11) is -3.92. The van der Waals surface area contributed by atoms with E-state index in [0.29, 0.717) is 21.7 Å². The van der Waals surface area contributed by atoms with Crippen LogP contribution in [0.4, 0.5) is 0 Å². The first kappa shape index (κ1) is 20.8. The van der Waals surface area contributed by atoms with Crippen molar-refractivity contribution in [2.24, 2.45) is 4.40 Å². The summed E-state index contributed by atoms with van der Waals surface area (Å²) >= 11 is 11.3. The number of halogens is 1. The Morgan fingerprint density at radius 1 is 1.00 bits per heavy atom. The maximum Gasteiger partial charge on any atom is 0.284 e. The van der Waals surface area contributed by atoms with E-state index in [4.69, 9.17) is 23.8 Å². The third-order valence-corrected chi connectivity index (χ3v) is 6.31. The molecular formula is C20H22ClN3O2S2. The first-order valence-electron chi connectivity index (χ1n) is 9.17. The molecule has 1 aliphatic rings. The van der Waals surface area contributed by atoms with E-state index in [0.717, 1.165) is 12.8 Å². The van der Waals surface area contributed by atoms with E-state index in [1.807, 2.05) is 18.2 Å². The lowest BCUT2D eigenvalue weighted by Crippen LogP contribution is -2.45. The van der Waals surface area contributed by atoms with Gasteiger partial charge in [-0.1, -0.05) is 61.2 Å². The highest BCUT2D eigenvalue weighted by atomic mass is 35.5. The van der Waals surface area contributed by atoms with E-state index in [1.54, 1.807) is 12.1 Å². The van der Waals surface area contributed by atoms with Gasteiger partial charge in [0, 0.05) is 16.6 Å². The van der Waals surface area contributed by atoms with Crippen LogP contribution in [0.3, 0.4) is 0 Å². The van der Waals surface area contributed by atoms with Crippen LogP contribution in [0, 0.1) is 0 Å². The Morgan fingerprint density at radius 3 is 2.29 bits per heavy atom. The summed E-state index contributed by atoms with van der Waals surface area (Å²) in [4.78, 5) is 0.0679. The largest absolute Gasteiger partial charge is 0.360 e. The zero-order chi connectivity index (χ0) is 20.0. The van der Waals surface area contributed by atoms with Crippen molar-refractivity contribution < 1.29 is 8.42 Å². The van der Waals surface area contributed by atoms with Gasteiger partial charge < -0.3 is 10.6 Å². The lowest BCUT2D eigenvalue weighted by molar-refractivity contribution is 0.413. The van der Waals surface area contributed by atoms with Gasteiger partial charge in [-0.2, -0.15) is 8.42 Å². The van der Waals surface area contributed by atoms with E-state index in [9.17, 15) is 8.42 Å². The second-order valence-electron chi connectivity index (χ2n) is 6.67. The molecule has 28 heavy (non-hydrogen) atoms. The molecule has 0 heterocycles. The average Bonchev–Trinajstić information content (AvgIpc) is 2.69. The molecule has 5 nitrogen and oxygen atoms in total. The molecule has 3 rings (SSSR count). The highest BCUT2D eigenvalue weighted by molar-refractivity contribution is 7.90. The lowest BCUT2D eigenvalue weighted by atomic mass is 9.96. The smallest absolute Gasteiger partial charge is 0.284 e. The summed E-state index contributed by atoms with van der Waals surface area (Å²) in [6.07, 6.45) is 5.70. The number of rotatable bonds is 4. The summed E-state index contributed by atoms with van der Waals surface area (Å²) in [5, 5.41) is 7.10. The Balaban J connectivity index is 1.85. The van der Waals surface area contributed by atoms with Crippen LogP contribution in [0.5, 0.6) is 0 Å². The minimum Gasteiger partial charge on any atom is -0.360 e. The minimum absolute atomic E-state index is 0.0679. The number of hydrogen-bond acceptors (Lipinski definition) is 3. The van der Waals surface area contributed by atoms with E-state index in [-0.39, 0.29) is 10.7 Å². The first-order valence-corrected chi connectivity index (χ1v) is 11.4. The number of amidine groups is 1. The molecule has 0 radical (unpaired) electrons. The van der Waals surface area contributed by atoms with E-state index in [1.165, 1.54) is 43.5 Å². The third kappa shape index (κ3) is 5.77. The molecule has 2 aromatic rings. The molecule has 1 fully saturated rings. The van der Waals surface area contributed by atoms with Gasteiger partial charge in [0.2, 0.25) is 0 Å². The summed E-state index contributed by atoms with van der Waals surface area (Å²) in [6.45, 7) is 0. The molecule has 8 heteroatoms. The van der Waals surface area contributed by atoms with Crippen LogP contribution < -0.4 is 10.6 Å². The number of sulfonamides is 1. The van der Waals surface area contributed by atoms with Gasteiger partial charge in [-0.05, 0) is 49.3 Å². The highest BCUT2D eigenvalue weighted by Crippen LogP contribution is 2.18. The van der Waals surface area contributed by atoms with Crippen molar-refractivity contribution in [1.82, 2.24) is 10.6 Å². The van der Waals surface area contributed by atoms with Crippen LogP contribution >= 0.6 is 23.8 Å². The van der Waals surface area contributed by atoms with Gasteiger partial charge in [0.15, 0.2) is 10.9 Å². The molecule has 0 bridgehead atoms. The van der Waals surface area contributed by atoms with Crippen LogP contribution in [0.25, 0.3) is 0 Å². The summed E-state index contributed by atoms with van der Waals surface area (Å²) < 4.78 is 29.5. The van der Waals surface area contributed by atoms with Crippen molar-refractivity contribution in [3.63, 3.8) is 0 Å². The number of nitrogens with zero attached hydrogens (tertiary/aromatic N) is 1. The zero-order valence-electron chi connectivity index (χ0n) is 15.3. The van der Waals surface area contributed by atoms with E-state index in [2.05, 4.69) is 15.0 Å². The number of thiocarbonyl (C=S) groups is 1. The molecule has 2 aromatic carbocycles. The molecular weight excluding hydrogens is 414 g/mol. The van der Waals surface area contributed by atoms with Gasteiger partial charge in [0.05, 0.1) is 4.90 Å². The predicted molar refractivity (Wildman–Crippen MR) is 117 cm³/mol. The monoisotopic (exact) mass is 435 g/mol. The fourth-order valence-electron chi connectivity index (χ4n) is 3.10. The standard InChI is InChI=1S/C20H22ClN3O2S2/c21-16-11-13-18(14-12-16)28(25,26)24-19(15-7-3-1-4-8-15)23-20(27)22-17-9-5-2-6-10-17/h1,3-4,7-8,11-14,17H,2,5-6,9-10H2,(H2,22,23,24,27). The molecule has 1 aliphatic carbocycles. The molecule has 0 spiro atoms. The van der Waals surface area contributed by atoms with Crippen molar-refractivity contribution in [2.45, 2.75) is 43.0 Å². The summed E-state index contributed by atoms with van der Waals surface area (Å²) in [6, 6.07) is 15.3.